The molecule has 0 spiro atoms. The number of rotatable bonds is 7. The smallest absolute Gasteiger partial charge is 0.294 e. The van der Waals surface area contributed by atoms with E-state index in [4.69, 9.17) is 14.0 Å². The quantitative estimate of drug-likeness (QED) is 0.628. The van der Waals surface area contributed by atoms with Crippen molar-refractivity contribution in [2.24, 2.45) is 0 Å². The Morgan fingerprint density at radius 1 is 1.38 bits per heavy atom. The van der Waals surface area contributed by atoms with E-state index < -0.39 is 15.6 Å². The van der Waals surface area contributed by atoms with Crippen molar-refractivity contribution in [1.29, 1.82) is 0 Å². The van der Waals surface area contributed by atoms with Crippen molar-refractivity contribution in [1.82, 2.24) is 0 Å². The van der Waals surface area contributed by atoms with Crippen LogP contribution in [0.5, 0.6) is 0 Å². The van der Waals surface area contributed by atoms with Crippen LogP contribution in [0, 0.1) is 0 Å². The third-order valence-electron chi connectivity index (χ3n) is 1.30. The van der Waals surface area contributed by atoms with E-state index in [-0.39, 0.29) is 13.2 Å². The molecule has 1 atom stereocenters. The van der Waals surface area contributed by atoms with Crippen molar-refractivity contribution < 1.29 is 22.4 Å². The van der Waals surface area contributed by atoms with Crippen molar-refractivity contribution in [3.05, 3.63) is 0 Å². The lowest BCUT2D eigenvalue weighted by Crippen LogP contribution is -2.29. The summed E-state index contributed by atoms with van der Waals surface area (Å²) in [6, 6.07) is 0. The molecule has 0 aromatic rings. The molecule has 13 heavy (non-hydrogen) atoms. The monoisotopic (exact) mass is 212 g/mol. The second-order valence-corrected chi connectivity index (χ2v) is 4.03. The lowest BCUT2D eigenvalue weighted by Gasteiger charge is -2.13. The molecule has 0 amide bonds. The Hall–Kier alpha value is -0.170. The van der Waals surface area contributed by atoms with Gasteiger partial charge in [-0.15, -0.1) is 0 Å². The summed E-state index contributed by atoms with van der Waals surface area (Å²) < 4.78 is 39.8. The lowest BCUT2D eigenvalue weighted by atomic mass is 10.5. The molecule has 6 heteroatoms. The molecule has 0 heterocycles. The van der Waals surface area contributed by atoms with Crippen LogP contribution in [-0.4, -0.2) is 38.2 Å². The average Bonchev–Trinajstić information content (AvgIpc) is 2.02. The van der Waals surface area contributed by atoms with Crippen molar-refractivity contribution in [3.63, 3.8) is 0 Å². The van der Waals surface area contributed by atoms with Crippen LogP contribution in [0.2, 0.25) is 0 Å². The largest absolute Gasteiger partial charge is 0.378 e. The minimum atomic E-state index is -4.16. The zero-order chi connectivity index (χ0) is 10.3. The molecule has 0 aliphatic heterocycles. The van der Waals surface area contributed by atoms with Crippen LogP contribution in [0.25, 0.3) is 0 Å². The standard InChI is InChI=1S/C7H16O5S/c1-3-5-12-7(6-11-4-2)13(8,9)10/h7H,3-6H2,1-2H3,(H,8,9,10). The van der Waals surface area contributed by atoms with Crippen molar-refractivity contribution in [3.8, 4) is 0 Å². The number of ether oxygens (including phenoxy) is 2. The third-order valence-corrected chi connectivity index (χ3v) is 2.23. The van der Waals surface area contributed by atoms with Gasteiger partial charge in [0.1, 0.15) is 0 Å². The van der Waals surface area contributed by atoms with E-state index in [9.17, 15) is 8.42 Å². The first-order valence-electron chi connectivity index (χ1n) is 4.18. The molecule has 1 N–H and O–H groups in total. The maximum absolute atomic E-state index is 10.7. The number of hydrogen-bond donors (Lipinski definition) is 1. The highest BCUT2D eigenvalue weighted by molar-refractivity contribution is 7.86. The van der Waals surface area contributed by atoms with Gasteiger partial charge in [-0.3, -0.25) is 4.55 Å². The minimum absolute atomic E-state index is 0.130. The molecule has 0 saturated heterocycles. The number of hydrogen-bond acceptors (Lipinski definition) is 4. The molecule has 1 unspecified atom stereocenters. The Balaban J connectivity index is 4.04. The summed E-state index contributed by atoms with van der Waals surface area (Å²) in [6.07, 6.45) is 0.693. The molecule has 0 radical (unpaired) electrons. The van der Waals surface area contributed by atoms with E-state index in [2.05, 4.69) is 0 Å². The maximum Gasteiger partial charge on any atom is 0.294 e. The van der Waals surface area contributed by atoms with Gasteiger partial charge in [0.2, 0.25) is 5.44 Å². The van der Waals surface area contributed by atoms with Crippen molar-refractivity contribution in [2.75, 3.05) is 19.8 Å². The van der Waals surface area contributed by atoms with Crippen molar-refractivity contribution >= 4 is 10.1 Å². The van der Waals surface area contributed by atoms with E-state index in [1.165, 1.54) is 0 Å². The van der Waals surface area contributed by atoms with E-state index in [0.717, 1.165) is 0 Å². The molecule has 0 rings (SSSR count). The molecule has 5 nitrogen and oxygen atoms in total. The first-order chi connectivity index (χ1) is 6.02. The SMILES string of the molecule is CCCOC(COCC)S(=O)(=O)O. The summed E-state index contributed by atoms with van der Waals surface area (Å²) in [4.78, 5) is 0. The predicted octanol–water partition coefficient (Wildman–Crippen LogP) is 0.663. The normalized spacial score (nSPS) is 14.4. The van der Waals surface area contributed by atoms with Gasteiger partial charge in [-0.2, -0.15) is 8.42 Å². The molecular formula is C7H16O5S. The molecular weight excluding hydrogens is 196 g/mol. The fourth-order valence-electron chi connectivity index (χ4n) is 0.683. The molecule has 0 aromatic carbocycles. The van der Waals surface area contributed by atoms with Gasteiger partial charge in [0.25, 0.3) is 10.1 Å². The topological polar surface area (TPSA) is 72.8 Å². The fraction of sp³-hybridized carbons (Fsp3) is 1.00. The van der Waals surface area contributed by atoms with E-state index >= 15 is 0 Å². The van der Waals surface area contributed by atoms with Crippen LogP contribution >= 0.6 is 0 Å². The fourth-order valence-corrected chi connectivity index (χ4v) is 1.22. The Morgan fingerprint density at radius 3 is 2.38 bits per heavy atom. The van der Waals surface area contributed by atoms with Crippen LogP contribution in [0.15, 0.2) is 0 Å². The summed E-state index contributed by atoms with van der Waals surface area (Å²) in [5.74, 6) is 0. The Bertz CT molecular complexity index is 203. The third kappa shape index (κ3) is 5.98. The lowest BCUT2D eigenvalue weighted by molar-refractivity contribution is 0.0247. The minimum Gasteiger partial charge on any atom is -0.378 e. The van der Waals surface area contributed by atoms with Gasteiger partial charge >= 0.3 is 0 Å². The van der Waals surface area contributed by atoms with Crippen LogP contribution in [-0.2, 0) is 19.6 Å². The summed E-state index contributed by atoms with van der Waals surface area (Å²) in [7, 11) is -4.16. The second kappa shape index (κ2) is 6.31. The highest BCUT2D eigenvalue weighted by atomic mass is 32.2. The molecule has 0 bridgehead atoms. The van der Waals surface area contributed by atoms with Crippen LogP contribution in [0.3, 0.4) is 0 Å². The van der Waals surface area contributed by atoms with Gasteiger partial charge in [-0.05, 0) is 13.3 Å². The second-order valence-electron chi connectivity index (χ2n) is 2.47. The molecule has 0 aromatic heterocycles. The summed E-state index contributed by atoms with van der Waals surface area (Å²) in [5, 5.41) is 0. The zero-order valence-electron chi connectivity index (χ0n) is 7.89. The van der Waals surface area contributed by atoms with E-state index in [0.29, 0.717) is 13.0 Å². The molecule has 0 aliphatic rings. The summed E-state index contributed by atoms with van der Waals surface area (Å²) >= 11 is 0. The highest BCUT2D eigenvalue weighted by Gasteiger charge is 2.23. The first-order valence-corrected chi connectivity index (χ1v) is 5.68. The highest BCUT2D eigenvalue weighted by Crippen LogP contribution is 2.02. The first kappa shape index (κ1) is 12.8. The predicted molar refractivity (Wildman–Crippen MR) is 48.1 cm³/mol. The molecule has 0 aliphatic carbocycles. The Morgan fingerprint density at radius 2 is 2.00 bits per heavy atom. The van der Waals surface area contributed by atoms with Gasteiger partial charge in [0.05, 0.1) is 6.61 Å². The molecule has 0 saturated carbocycles. The van der Waals surface area contributed by atoms with Crippen molar-refractivity contribution in [2.45, 2.75) is 25.7 Å². The van der Waals surface area contributed by atoms with Gasteiger partial charge in [-0.1, -0.05) is 6.92 Å². The van der Waals surface area contributed by atoms with Gasteiger partial charge in [0, 0.05) is 13.2 Å². The maximum atomic E-state index is 10.7. The summed E-state index contributed by atoms with van der Waals surface area (Å²) in [6.45, 7) is 4.14. The van der Waals surface area contributed by atoms with E-state index in [1.54, 1.807) is 6.92 Å². The van der Waals surface area contributed by atoms with Crippen LogP contribution in [0.4, 0.5) is 0 Å². The van der Waals surface area contributed by atoms with Crippen LogP contribution in [0.1, 0.15) is 20.3 Å². The Kier molecular flexibility index (Phi) is 6.23. The molecule has 0 fully saturated rings. The van der Waals surface area contributed by atoms with Gasteiger partial charge in [-0.25, -0.2) is 0 Å². The van der Waals surface area contributed by atoms with Gasteiger partial charge in [0.15, 0.2) is 0 Å². The molecule has 80 valence electrons. The van der Waals surface area contributed by atoms with Crippen LogP contribution < -0.4 is 0 Å². The summed E-state index contributed by atoms with van der Waals surface area (Å²) in [5.41, 5.74) is -1.26. The van der Waals surface area contributed by atoms with E-state index in [1.807, 2.05) is 6.92 Å². The zero-order valence-corrected chi connectivity index (χ0v) is 8.71. The Labute approximate surface area is 78.8 Å². The average molecular weight is 212 g/mol. The van der Waals surface area contributed by atoms with Gasteiger partial charge < -0.3 is 9.47 Å².